The molecule has 2 unspecified atom stereocenters. The average Bonchev–Trinajstić information content (AvgIpc) is 2.31. The Hall–Kier alpha value is -0.300. The molecule has 1 rings (SSSR count). The van der Waals surface area contributed by atoms with Gasteiger partial charge in [0.25, 0.3) is 0 Å². The molecule has 0 amide bonds. The van der Waals surface area contributed by atoms with E-state index in [0.29, 0.717) is 12.0 Å². The van der Waals surface area contributed by atoms with E-state index in [1.807, 2.05) is 0 Å². The largest absolute Gasteiger partial charge is 0.328 e. The molecule has 0 aromatic heterocycles. The Morgan fingerprint density at radius 2 is 1.94 bits per heavy atom. The van der Waals surface area contributed by atoms with E-state index in [9.17, 15) is 0 Å². The van der Waals surface area contributed by atoms with Crippen LogP contribution in [0.5, 0.6) is 0 Å². The second kappa shape index (κ2) is 7.89. The Kier molecular flexibility index (Phi) is 6.79. The maximum Gasteiger partial charge on any atom is 0.00416 e. The number of rotatable bonds is 7. The van der Waals surface area contributed by atoms with Gasteiger partial charge >= 0.3 is 0 Å². The van der Waals surface area contributed by atoms with Crippen LogP contribution in [0.1, 0.15) is 64.7 Å². The lowest BCUT2D eigenvalue weighted by atomic mass is 9.83. The molecule has 2 atom stereocenters. The van der Waals surface area contributed by atoms with Crippen LogP contribution >= 0.6 is 0 Å². The van der Waals surface area contributed by atoms with E-state index in [0.717, 1.165) is 5.92 Å². The standard InChI is InChI=1S/C15H29N/c1-3-13(4-2)10-11-15(16)12-14-8-6-5-7-9-14/h3,13-15H,1,4-12,16H2,2H3. The topological polar surface area (TPSA) is 26.0 Å². The molecule has 0 spiro atoms. The monoisotopic (exact) mass is 223 g/mol. The van der Waals surface area contributed by atoms with Crippen molar-refractivity contribution in [2.75, 3.05) is 0 Å². The lowest BCUT2D eigenvalue weighted by Crippen LogP contribution is -2.25. The Balaban J connectivity index is 2.13. The fraction of sp³-hybridized carbons (Fsp3) is 0.867. The van der Waals surface area contributed by atoms with Crippen molar-refractivity contribution in [2.45, 2.75) is 70.8 Å². The van der Waals surface area contributed by atoms with Gasteiger partial charge in [0, 0.05) is 6.04 Å². The van der Waals surface area contributed by atoms with Crippen molar-refractivity contribution in [3.8, 4) is 0 Å². The zero-order chi connectivity index (χ0) is 11.8. The van der Waals surface area contributed by atoms with Crippen LogP contribution in [0, 0.1) is 11.8 Å². The lowest BCUT2D eigenvalue weighted by Gasteiger charge is -2.25. The minimum atomic E-state index is 0.428. The molecular formula is C15H29N. The Labute approximate surface area is 101 Å². The van der Waals surface area contributed by atoms with Crippen LogP contribution in [-0.2, 0) is 0 Å². The third-order valence-electron chi connectivity index (χ3n) is 4.13. The predicted molar refractivity (Wildman–Crippen MR) is 72.4 cm³/mol. The first-order valence-electron chi connectivity index (χ1n) is 7.14. The molecular weight excluding hydrogens is 194 g/mol. The van der Waals surface area contributed by atoms with Gasteiger partial charge in [-0.05, 0) is 37.5 Å². The molecule has 0 bridgehead atoms. The summed E-state index contributed by atoms with van der Waals surface area (Å²) in [5.74, 6) is 1.60. The molecule has 0 heterocycles. The SMILES string of the molecule is C=CC(CC)CCC(N)CC1CCCCC1. The van der Waals surface area contributed by atoms with Gasteiger partial charge in [0.05, 0.1) is 0 Å². The highest BCUT2D eigenvalue weighted by Crippen LogP contribution is 2.28. The molecule has 0 radical (unpaired) electrons. The molecule has 0 saturated heterocycles. The second-order valence-corrected chi connectivity index (χ2v) is 5.48. The van der Waals surface area contributed by atoms with Gasteiger partial charge in [0.1, 0.15) is 0 Å². The molecule has 1 saturated carbocycles. The first-order chi connectivity index (χ1) is 7.76. The highest BCUT2D eigenvalue weighted by Gasteiger charge is 2.17. The van der Waals surface area contributed by atoms with Gasteiger partial charge in [-0.25, -0.2) is 0 Å². The molecule has 1 heteroatoms. The first kappa shape index (κ1) is 13.8. The quantitative estimate of drug-likeness (QED) is 0.641. The van der Waals surface area contributed by atoms with E-state index in [-0.39, 0.29) is 0 Å². The van der Waals surface area contributed by atoms with Crippen molar-refractivity contribution in [3.05, 3.63) is 12.7 Å². The summed E-state index contributed by atoms with van der Waals surface area (Å²) in [6.45, 7) is 6.12. The van der Waals surface area contributed by atoms with Gasteiger partial charge in [-0.2, -0.15) is 0 Å². The average molecular weight is 223 g/mol. The molecule has 1 aliphatic carbocycles. The van der Waals surface area contributed by atoms with Crippen molar-refractivity contribution in [1.29, 1.82) is 0 Å². The number of allylic oxidation sites excluding steroid dienone is 1. The van der Waals surface area contributed by atoms with Crippen LogP contribution in [0.3, 0.4) is 0 Å². The van der Waals surface area contributed by atoms with Crippen LogP contribution in [0.15, 0.2) is 12.7 Å². The molecule has 1 fully saturated rings. The van der Waals surface area contributed by atoms with E-state index in [1.54, 1.807) is 0 Å². The summed E-state index contributed by atoms with van der Waals surface area (Å²) in [7, 11) is 0. The molecule has 1 aliphatic rings. The first-order valence-corrected chi connectivity index (χ1v) is 7.14. The fourth-order valence-corrected chi connectivity index (χ4v) is 2.89. The van der Waals surface area contributed by atoms with Gasteiger partial charge in [-0.15, -0.1) is 6.58 Å². The van der Waals surface area contributed by atoms with E-state index in [1.165, 1.54) is 57.8 Å². The number of hydrogen-bond donors (Lipinski definition) is 1. The van der Waals surface area contributed by atoms with E-state index < -0.39 is 0 Å². The highest BCUT2D eigenvalue weighted by atomic mass is 14.6. The molecule has 16 heavy (non-hydrogen) atoms. The van der Waals surface area contributed by atoms with Crippen molar-refractivity contribution in [2.24, 2.45) is 17.6 Å². The molecule has 94 valence electrons. The fourth-order valence-electron chi connectivity index (χ4n) is 2.89. The van der Waals surface area contributed by atoms with Gasteiger partial charge in [0.2, 0.25) is 0 Å². The minimum Gasteiger partial charge on any atom is -0.328 e. The van der Waals surface area contributed by atoms with Crippen LogP contribution in [0.2, 0.25) is 0 Å². The lowest BCUT2D eigenvalue weighted by molar-refractivity contribution is 0.307. The van der Waals surface area contributed by atoms with E-state index in [2.05, 4.69) is 19.6 Å². The number of hydrogen-bond acceptors (Lipinski definition) is 1. The summed E-state index contributed by atoms with van der Waals surface area (Å²) in [5, 5.41) is 0. The Morgan fingerprint density at radius 1 is 1.25 bits per heavy atom. The van der Waals surface area contributed by atoms with Crippen LogP contribution in [0.4, 0.5) is 0 Å². The van der Waals surface area contributed by atoms with Crippen LogP contribution in [-0.4, -0.2) is 6.04 Å². The highest BCUT2D eigenvalue weighted by molar-refractivity contribution is 4.80. The van der Waals surface area contributed by atoms with Crippen LogP contribution < -0.4 is 5.73 Å². The van der Waals surface area contributed by atoms with Crippen molar-refractivity contribution < 1.29 is 0 Å². The zero-order valence-electron chi connectivity index (χ0n) is 11.0. The summed E-state index contributed by atoms with van der Waals surface area (Å²) in [6, 6.07) is 0.428. The summed E-state index contributed by atoms with van der Waals surface area (Å²) in [5.41, 5.74) is 6.23. The van der Waals surface area contributed by atoms with Crippen LogP contribution in [0.25, 0.3) is 0 Å². The molecule has 2 N–H and O–H groups in total. The third-order valence-corrected chi connectivity index (χ3v) is 4.13. The molecule has 1 nitrogen and oxygen atoms in total. The van der Waals surface area contributed by atoms with E-state index in [4.69, 9.17) is 5.73 Å². The van der Waals surface area contributed by atoms with Gasteiger partial charge in [-0.3, -0.25) is 0 Å². The summed E-state index contributed by atoms with van der Waals surface area (Å²) in [4.78, 5) is 0. The smallest absolute Gasteiger partial charge is 0.00416 e. The normalized spacial score (nSPS) is 21.6. The third kappa shape index (κ3) is 5.16. The van der Waals surface area contributed by atoms with Crippen molar-refractivity contribution in [3.63, 3.8) is 0 Å². The molecule has 0 aromatic carbocycles. The second-order valence-electron chi connectivity index (χ2n) is 5.48. The van der Waals surface area contributed by atoms with E-state index >= 15 is 0 Å². The molecule has 0 aliphatic heterocycles. The Bertz CT molecular complexity index is 182. The predicted octanol–water partition coefficient (Wildman–Crippen LogP) is 4.28. The van der Waals surface area contributed by atoms with Gasteiger partial charge in [0.15, 0.2) is 0 Å². The van der Waals surface area contributed by atoms with Crippen molar-refractivity contribution >= 4 is 0 Å². The maximum absolute atomic E-state index is 6.23. The summed E-state index contributed by atoms with van der Waals surface area (Å²) >= 11 is 0. The molecule has 0 aromatic rings. The summed E-state index contributed by atoms with van der Waals surface area (Å²) < 4.78 is 0. The minimum absolute atomic E-state index is 0.428. The number of nitrogens with two attached hydrogens (primary N) is 1. The van der Waals surface area contributed by atoms with Crippen molar-refractivity contribution in [1.82, 2.24) is 0 Å². The maximum atomic E-state index is 6.23. The Morgan fingerprint density at radius 3 is 2.50 bits per heavy atom. The zero-order valence-corrected chi connectivity index (χ0v) is 11.0. The van der Waals surface area contributed by atoms with Gasteiger partial charge < -0.3 is 5.73 Å². The van der Waals surface area contributed by atoms with Gasteiger partial charge in [-0.1, -0.05) is 45.1 Å². The summed E-state index contributed by atoms with van der Waals surface area (Å²) in [6.07, 6.45) is 14.1.